The van der Waals surface area contributed by atoms with E-state index in [2.05, 4.69) is 21.3 Å². The van der Waals surface area contributed by atoms with Crippen LogP contribution in [-0.2, 0) is 15.9 Å². The van der Waals surface area contributed by atoms with Gasteiger partial charge < -0.3 is 33.7 Å². The molecule has 2 aromatic carbocycles. The molecule has 0 saturated carbocycles. The monoisotopic (exact) mass is 520 g/mol. The molecule has 0 unspecified atom stereocenters. The number of benzene rings is 2. The number of aromatic nitrogens is 1. The molecule has 5 rings (SSSR count). The molecule has 10 heteroatoms. The van der Waals surface area contributed by atoms with Gasteiger partial charge in [0.25, 0.3) is 0 Å². The quantitative estimate of drug-likeness (QED) is 0.374. The molecule has 3 heterocycles. The lowest BCUT2D eigenvalue weighted by atomic mass is 10.1. The van der Waals surface area contributed by atoms with E-state index in [1.54, 1.807) is 20.4 Å². The second-order valence-corrected chi connectivity index (χ2v) is 9.04. The molecule has 0 spiro atoms. The summed E-state index contributed by atoms with van der Waals surface area (Å²) in [5.41, 5.74) is 3.39. The molecule has 0 amide bonds. The fourth-order valence-corrected chi connectivity index (χ4v) is 4.68. The predicted octanol–water partition coefficient (Wildman–Crippen LogP) is 3.88. The van der Waals surface area contributed by atoms with Crippen molar-refractivity contribution in [2.45, 2.75) is 12.8 Å². The summed E-state index contributed by atoms with van der Waals surface area (Å²) in [6, 6.07) is 9.86. The number of nitrogens with zero attached hydrogens (tertiary/aromatic N) is 3. The lowest BCUT2D eigenvalue weighted by Gasteiger charge is -2.26. The van der Waals surface area contributed by atoms with Gasteiger partial charge in [0.15, 0.2) is 23.0 Å². The van der Waals surface area contributed by atoms with E-state index in [9.17, 15) is 5.26 Å². The average molecular weight is 521 g/mol. The van der Waals surface area contributed by atoms with Crippen LogP contribution in [0.5, 0.6) is 23.0 Å². The molecule has 2 aliphatic heterocycles. The summed E-state index contributed by atoms with van der Waals surface area (Å²) in [6.45, 7) is 5.70. The minimum absolute atomic E-state index is 0.135. The van der Waals surface area contributed by atoms with Crippen LogP contribution in [0.25, 0.3) is 10.9 Å². The fraction of sp³-hybridized carbons (Fsp3) is 0.429. The zero-order valence-corrected chi connectivity index (χ0v) is 21.7. The molecule has 0 bridgehead atoms. The first-order chi connectivity index (χ1) is 18.7. The third-order valence-corrected chi connectivity index (χ3v) is 6.69. The van der Waals surface area contributed by atoms with Crippen LogP contribution in [0.15, 0.2) is 30.5 Å². The Morgan fingerprint density at radius 3 is 2.71 bits per heavy atom. The van der Waals surface area contributed by atoms with Gasteiger partial charge in [0.05, 0.1) is 56.0 Å². The minimum atomic E-state index is 0.135. The number of rotatable bonds is 11. The highest BCUT2D eigenvalue weighted by Crippen LogP contribution is 2.45. The molecule has 200 valence electrons. The molecule has 1 saturated heterocycles. The normalized spacial score (nSPS) is 14.9. The standard InChI is InChI=1S/C28H32N4O6/c1-33-11-6-19-4-5-22(28-27(19)37-18-38-28)31-26-20(16-29)17-30-23-15-25(24(34-2)14-21(23)26)36-10-3-7-32-8-12-35-13-9-32/h4-5,14-15,17H,3,6-13,18H2,1-2H3,(H,30,31). The van der Waals surface area contributed by atoms with Gasteiger partial charge in [0.2, 0.25) is 6.79 Å². The van der Waals surface area contributed by atoms with Crippen LogP contribution in [0.3, 0.4) is 0 Å². The molecule has 0 aliphatic carbocycles. The van der Waals surface area contributed by atoms with Gasteiger partial charge in [0.1, 0.15) is 6.07 Å². The first-order valence-corrected chi connectivity index (χ1v) is 12.7. The second kappa shape index (κ2) is 12.2. The van der Waals surface area contributed by atoms with E-state index in [4.69, 9.17) is 28.4 Å². The Balaban J connectivity index is 1.40. The number of fused-ring (bicyclic) bond motifs is 2. The van der Waals surface area contributed by atoms with E-state index in [1.165, 1.54) is 0 Å². The highest BCUT2D eigenvalue weighted by Gasteiger charge is 2.23. The zero-order valence-electron chi connectivity index (χ0n) is 21.7. The van der Waals surface area contributed by atoms with Gasteiger partial charge in [-0.2, -0.15) is 5.26 Å². The molecule has 0 atom stereocenters. The molecular weight excluding hydrogens is 488 g/mol. The molecule has 2 aliphatic rings. The number of hydrogen-bond donors (Lipinski definition) is 1. The topological polar surface area (TPSA) is 107 Å². The Morgan fingerprint density at radius 1 is 1.08 bits per heavy atom. The number of nitriles is 1. The van der Waals surface area contributed by atoms with E-state index in [0.717, 1.165) is 50.2 Å². The van der Waals surface area contributed by atoms with Gasteiger partial charge in [-0.25, -0.2) is 0 Å². The van der Waals surface area contributed by atoms with Gasteiger partial charge in [-0.05, 0) is 25.0 Å². The number of anilines is 2. The first kappa shape index (κ1) is 25.9. The highest BCUT2D eigenvalue weighted by atomic mass is 16.7. The summed E-state index contributed by atoms with van der Waals surface area (Å²) < 4.78 is 33.9. The maximum absolute atomic E-state index is 9.85. The fourth-order valence-electron chi connectivity index (χ4n) is 4.68. The largest absolute Gasteiger partial charge is 0.493 e. The number of nitrogens with one attached hydrogen (secondary N) is 1. The van der Waals surface area contributed by atoms with Crippen molar-refractivity contribution < 1.29 is 28.4 Å². The lowest BCUT2D eigenvalue weighted by molar-refractivity contribution is 0.0357. The van der Waals surface area contributed by atoms with E-state index < -0.39 is 0 Å². The summed E-state index contributed by atoms with van der Waals surface area (Å²) in [5, 5.41) is 14.0. The Hall–Kier alpha value is -3.78. The van der Waals surface area contributed by atoms with Crippen LogP contribution in [-0.4, -0.2) is 77.0 Å². The molecule has 1 fully saturated rings. The molecule has 38 heavy (non-hydrogen) atoms. The molecular formula is C28H32N4O6. The number of pyridine rings is 1. The number of ether oxygens (including phenoxy) is 6. The number of methoxy groups -OCH3 is 2. The third-order valence-electron chi connectivity index (χ3n) is 6.69. The molecule has 1 aromatic heterocycles. The van der Waals surface area contributed by atoms with Crippen molar-refractivity contribution in [2.24, 2.45) is 0 Å². The van der Waals surface area contributed by atoms with Gasteiger partial charge in [-0.15, -0.1) is 0 Å². The van der Waals surface area contributed by atoms with Crippen molar-refractivity contribution in [1.82, 2.24) is 9.88 Å². The van der Waals surface area contributed by atoms with Crippen molar-refractivity contribution in [3.8, 4) is 29.1 Å². The molecule has 1 N–H and O–H groups in total. The van der Waals surface area contributed by atoms with Crippen LogP contribution in [0.1, 0.15) is 17.5 Å². The van der Waals surface area contributed by atoms with Gasteiger partial charge in [0, 0.05) is 50.0 Å². The van der Waals surface area contributed by atoms with Crippen molar-refractivity contribution in [3.63, 3.8) is 0 Å². The van der Waals surface area contributed by atoms with Crippen LogP contribution in [0.4, 0.5) is 11.4 Å². The average Bonchev–Trinajstić information content (AvgIpc) is 3.46. The Labute approximate surface area is 222 Å². The van der Waals surface area contributed by atoms with E-state index in [-0.39, 0.29) is 6.79 Å². The van der Waals surface area contributed by atoms with Gasteiger partial charge in [-0.1, -0.05) is 6.07 Å². The van der Waals surface area contributed by atoms with Gasteiger partial charge in [-0.3, -0.25) is 9.88 Å². The maximum Gasteiger partial charge on any atom is 0.231 e. The van der Waals surface area contributed by atoms with Gasteiger partial charge >= 0.3 is 0 Å². The predicted molar refractivity (Wildman–Crippen MR) is 142 cm³/mol. The van der Waals surface area contributed by atoms with Crippen LogP contribution in [0.2, 0.25) is 0 Å². The van der Waals surface area contributed by atoms with Crippen molar-refractivity contribution >= 4 is 22.3 Å². The van der Waals surface area contributed by atoms with E-state index in [1.807, 2.05) is 24.3 Å². The maximum atomic E-state index is 9.85. The Kier molecular flexibility index (Phi) is 8.28. The molecule has 10 nitrogen and oxygen atoms in total. The van der Waals surface area contributed by atoms with Crippen LogP contribution >= 0.6 is 0 Å². The van der Waals surface area contributed by atoms with Crippen molar-refractivity contribution in [3.05, 3.63) is 41.6 Å². The minimum Gasteiger partial charge on any atom is -0.493 e. The summed E-state index contributed by atoms with van der Waals surface area (Å²) in [5.74, 6) is 2.49. The summed E-state index contributed by atoms with van der Waals surface area (Å²) >= 11 is 0. The smallest absolute Gasteiger partial charge is 0.231 e. The SMILES string of the molecule is COCCc1ccc(Nc2c(C#N)cnc3cc(OCCCN4CCOCC4)c(OC)cc23)c2c1OCO2. The van der Waals surface area contributed by atoms with Crippen LogP contribution < -0.4 is 24.3 Å². The van der Waals surface area contributed by atoms with Crippen molar-refractivity contribution in [1.29, 1.82) is 5.26 Å². The van der Waals surface area contributed by atoms with E-state index >= 15 is 0 Å². The Bertz CT molecular complexity index is 1320. The summed E-state index contributed by atoms with van der Waals surface area (Å²) in [4.78, 5) is 6.90. The first-order valence-electron chi connectivity index (χ1n) is 12.7. The second-order valence-electron chi connectivity index (χ2n) is 9.04. The lowest BCUT2D eigenvalue weighted by Crippen LogP contribution is -2.37. The number of hydrogen-bond acceptors (Lipinski definition) is 10. The van der Waals surface area contributed by atoms with E-state index in [0.29, 0.717) is 65.1 Å². The van der Waals surface area contributed by atoms with Crippen molar-refractivity contribution in [2.75, 3.05) is 72.4 Å². The summed E-state index contributed by atoms with van der Waals surface area (Å²) in [6.07, 6.45) is 3.16. The highest BCUT2D eigenvalue weighted by molar-refractivity contribution is 5.98. The van der Waals surface area contributed by atoms with Crippen LogP contribution in [0, 0.1) is 11.3 Å². The molecule has 3 aromatic rings. The molecule has 0 radical (unpaired) electrons. The third kappa shape index (κ3) is 5.55. The number of morpholine rings is 1. The Morgan fingerprint density at radius 2 is 1.92 bits per heavy atom. The summed E-state index contributed by atoms with van der Waals surface area (Å²) in [7, 11) is 3.27. The zero-order chi connectivity index (χ0) is 26.3.